The van der Waals surface area contributed by atoms with Gasteiger partial charge >= 0.3 is 12.1 Å². The molecule has 0 radical (unpaired) electrons. The van der Waals surface area contributed by atoms with Crippen LogP contribution < -0.4 is 10.5 Å². The molecular formula is C25H18F5NO4. The summed E-state index contributed by atoms with van der Waals surface area (Å²) >= 11 is 0. The number of carboxylic acid groups (broad SMARTS) is 1. The maximum absolute atomic E-state index is 15.0. The Labute approximate surface area is 195 Å². The zero-order chi connectivity index (χ0) is 25.3. The fourth-order valence-corrected chi connectivity index (χ4v) is 3.75. The molecule has 182 valence electrons. The van der Waals surface area contributed by atoms with Gasteiger partial charge in [0.15, 0.2) is 0 Å². The van der Waals surface area contributed by atoms with E-state index in [1.165, 1.54) is 24.3 Å². The van der Waals surface area contributed by atoms with Crippen LogP contribution >= 0.6 is 0 Å². The Kier molecular flexibility index (Phi) is 6.49. The second kappa shape index (κ2) is 9.38. The molecule has 35 heavy (non-hydrogen) atoms. The van der Waals surface area contributed by atoms with Crippen LogP contribution in [0.2, 0.25) is 0 Å². The normalized spacial score (nSPS) is 11.7. The van der Waals surface area contributed by atoms with E-state index in [1.807, 2.05) is 0 Å². The first-order chi connectivity index (χ1) is 16.6. The summed E-state index contributed by atoms with van der Waals surface area (Å²) in [6.07, 6.45) is -5.21. The van der Waals surface area contributed by atoms with Gasteiger partial charge in [-0.05, 0) is 29.8 Å². The van der Waals surface area contributed by atoms with E-state index in [9.17, 15) is 26.7 Å². The number of hydrogen-bond acceptors (Lipinski definition) is 4. The molecule has 3 N–H and O–H groups in total. The van der Waals surface area contributed by atoms with Gasteiger partial charge in [0.25, 0.3) is 6.01 Å². The molecule has 0 aliphatic rings. The molecule has 0 saturated carbocycles. The molecule has 0 amide bonds. The molecule has 10 heteroatoms. The van der Waals surface area contributed by atoms with Crippen molar-refractivity contribution in [1.29, 1.82) is 0 Å². The van der Waals surface area contributed by atoms with Gasteiger partial charge in [-0.2, -0.15) is 17.6 Å². The van der Waals surface area contributed by atoms with Gasteiger partial charge in [-0.25, -0.2) is 4.39 Å². The highest BCUT2D eigenvalue weighted by molar-refractivity contribution is 5.93. The molecule has 0 spiro atoms. The van der Waals surface area contributed by atoms with Crippen LogP contribution in [0, 0.1) is 11.8 Å². The lowest BCUT2D eigenvalue weighted by Gasteiger charge is -2.15. The number of furan rings is 1. The number of carbonyl (C=O) groups is 1. The summed E-state index contributed by atoms with van der Waals surface area (Å²) in [6, 6.07) is 10.2. The smallest absolute Gasteiger partial charge is 0.416 e. The topological polar surface area (TPSA) is 85.7 Å². The van der Waals surface area contributed by atoms with Crippen molar-refractivity contribution in [2.24, 2.45) is 5.73 Å². The third-order valence-electron chi connectivity index (χ3n) is 5.37. The number of alkyl halides is 3. The Morgan fingerprint density at radius 3 is 2.46 bits per heavy atom. The number of hydrogen-bond donors (Lipinski definition) is 2. The molecule has 0 aliphatic carbocycles. The zero-order valence-corrected chi connectivity index (χ0v) is 18.0. The predicted molar refractivity (Wildman–Crippen MR) is 117 cm³/mol. The summed E-state index contributed by atoms with van der Waals surface area (Å²) < 4.78 is 79.1. The van der Waals surface area contributed by atoms with Gasteiger partial charge < -0.3 is 20.0 Å². The number of carboxylic acids is 1. The van der Waals surface area contributed by atoms with E-state index in [-0.39, 0.29) is 52.1 Å². The van der Waals surface area contributed by atoms with Crippen LogP contribution in [-0.4, -0.2) is 11.1 Å². The Balaban J connectivity index is 1.75. The largest absolute Gasteiger partial charge is 0.489 e. The Morgan fingerprint density at radius 1 is 1.00 bits per heavy atom. The van der Waals surface area contributed by atoms with Crippen molar-refractivity contribution in [3.05, 3.63) is 88.7 Å². The van der Waals surface area contributed by atoms with Gasteiger partial charge in [0.05, 0.1) is 12.0 Å². The summed E-state index contributed by atoms with van der Waals surface area (Å²) in [5.74, 6) is -2.13. The maximum atomic E-state index is 15.0. The molecule has 1 heterocycles. The first-order valence-electron chi connectivity index (χ1n) is 10.3. The van der Waals surface area contributed by atoms with Gasteiger partial charge in [-0.3, -0.25) is 4.79 Å². The van der Waals surface area contributed by atoms with Crippen LogP contribution in [0.1, 0.15) is 22.3 Å². The van der Waals surface area contributed by atoms with Gasteiger partial charge in [0.1, 0.15) is 23.8 Å². The Bertz CT molecular complexity index is 1410. The number of nitrogens with two attached hydrogens (primary N) is 1. The van der Waals surface area contributed by atoms with Gasteiger partial charge in [-0.1, -0.05) is 24.3 Å². The van der Waals surface area contributed by atoms with Crippen molar-refractivity contribution in [3.63, 3.8) is 0 Å². The van der Waals surface area contributed by atoms with Crippen molar-refractivity contribution in [2.45, 2.75) is 25.7 Å². The lowest BCUT2D eigenvalue weighted by Crippen LogP contribution is -2.09. The van der Waals surface area contributed by atoms with Crippen LogP contribution in [0.15, 0.2) is 59.0 Å². The van der Waals surface area contributed by atoms with E-state index in [0.717, 1.165) is 24.3 Å². The van der Waals surface area contributed by atoms with Crippen LogP contribution in [0.3, 0.4) is 0 Å². The fourth-order valence-electron chi connectivity index (χ4n) is 3.75. The third kappa shape index (κ3) is 5.12. The van der Waals surface area contributed by atoms with Crippen molar-refractivity contribution in [2.75, 3.05) is 0 Å². The summed E-state index contributed by atoms with van der Waals surface area (Å²) in [6.45, 7) is -0.373. The molecule has 3 aromatic carbocycles. The molecule has 4 aromatic rings. The molecule has 0 unspecified atom stereocenters. The molecule has 0 fully saturated rings. The van der Waals surface area contributed by atoms with E-state index in [4.69, 9.17) is 20.0 Å². The number of halogens is 5. The number of benzene rings is 3. The summed E-state index contributed by atoms with van der Waals surface area (Å²) in [7, 11) is 0. The predicted octanol–water partition coefficient (Wildman–Crippen LogP) is 6.06. The van der Waals surface area contributed by atoms with E-state index >= 15 is 0 Å². The lowest BCUT2D eigenvalue weighted by molar-refractivity contribution is -0.137. The van der Waals surface area contributed by atoms with E-state index in [0.29, 0.717) is 5.56 Å². The second-order valence-corrected chi connectivity index (χ2v) is 7.77. The SMILES string of the molecule is NCc1cccc(-c2cc(COc3cc(C(F)(F)F)ccc3CC(=O)O)cc3cc(F)oc23)c1F. The fraction of sp³-hybridized carbons (Fsp3) is 0.160. The molecule has 1 aromatic heterocycles. The number of aliphatic carboxylic acids is 1. The first-order valence-corrected chi connectivity index (χ1v) is 10.3. The monoisotopic (exact) mass is 491 g/mol. The summed E-state index contributed by atoms with van der Waals surface area (Å²) in [5.41, 5.74) is 5.59. The van der Waals surface area contributed by atoms with E-state index in [1.54, 1.807) is 6.07 Å². The molecular weight excluding hydrogens is 473 g/mol. The van der Waals surface area contributed by atoms with Crippen molar-refractivity contribution >= 4 is 16.9 Å². The second-order valence-electron chi connectivity index (χ2n) is 7.77. The van der Waals surface area contributed by atoms with Crippen LogP contribution in [0.4, 0.5) is 22.0 Å². The molecule has 4 rings (SSSR count). The van der Waals surface area contributed by atoms with Crippen molar-refractivity contribution < 1.29 is 41.0 Å². The first kappa shape index (κ1) is 24.2. The van der Waals surface area contributed by atoms with E-state index < -0.39 is 36.0 Å². The number of fused-ring (bicyclic) bond motifs is 1. The minimum atomic E-state index is -4.66. The molecule has 0 aliphatic heterocycles. The minimum Gasteiger partial charge on any atom is -0.489 e. The summed E-state index contributed by atoms with van der Waals surface area (Å²) in [4.78, 5) is 11.1. The Morgan fingerprint density at radius 2 is 1.77 bits per heavy atom. The summed E-state index contributed by atoms with van der Waals surface area (Å²) in [5, 5.41) is 9.37. The highest BCUT2D eigenvalue weighted by atomic mass is 19.4. The van der Waals surface area contributed by atoms with Gasteiger partial charge in [0, 0.05) is 40.3 Å². The highest BCUT2D eigenvalue weighted by Crippen LogP contribution is 2.36. The minimum absolute atomic E-state index is 0.0443. The van der Waals surface area contributed by atoms with Gasteiger partial charge in [-0.15, -0.1) is 0 Å². The van der Waals surface area contributed by atoms with Crippen molar-refractivity contribution in [1.82, 2.24) is 0 Å². The average molecular weight is 491 g/mol. The van der Waals surface area contributed by atoms with Crippen LogP contribution in [-0.2, 0) is 30.5 Å². The van der Waals surface area contributed by atoms with Crippen molar-refractivity contribution in [3.8, 4) is 16.9 Å². The zero-order valence-electron chi connectivity index (χ0n) is 18.0. The van der Waals surface area contributed by atoms with E-state index in [2.05, 4.69) is 0 Å². The number of ether oxygens (including phenoxy) is 1. The highest BCUT2D eigenvalue weighted by Gasteiger charge is 2.31. The molecule has 0 bridgehead atoms. The quantitative estimate of drug-likeness (QED) is 0.307. The third-order valence-corrected chi connectivity index (χ3v) is 5.37. The molecule has 0 saturated heterocycles. The molecule has 0 atom stereocenters. The lowest BCUT2D eigenvalue weighted by atomic mass is 9.98. The molecule has 5 nitrogen and oxygen atoms in total. The van der Waals surface area contributed by atoms with Gasteiger partial charge in [0.2, 0.25) is 0 Å². The van der Waals surface area contributed by atoms with Crippen LogP contribution in [0.5, 0.6) is 5.75 Å². The average Bonchev–Trinajstić information content (AvgIpc) is 3.17. The number of rotatable bonds is 7. The Hall–Kier alpha value is -3.92. The van der Waals surface area contributed by atoms with Crippen LogP contribution in [0.25, 0.3) is 22.1 Å². The maximum Gasteiger partial charge on any atom is 0.416 e. The standard InChI is InChI=1S/C25H18F5NO4/c26-21-8-16-6-13(7-19(24(16)35-21)18-3-1-2-15(11-31)23(18)27)12-34-20-10-17(25(28,29)30)5-4-14(20)9-22(32)33/h1-8,10H,9,11-12,31H2,(H,32,33).